The van der Waals surface area contributed by atoms with Gasteiger partial charge in [-0.2, -0.15) is 0 Å². The molecule has 0 aromatic rings. The van der Waals surface area contributed by atoms with E-state index in [0.29, 0.717) is 19.1 Å². The van der Waals surface area contributed by atoms with E-state index >= 15 is 0 Å². The minimum atomic E-state index is 0.599. The maximum absolute atomic E-state index is 5.40. The number of methoxy groups -OCH3 is 1. The third-order valence-electron chi connectivity index (χ3n) is 1.95. The highest BCUT2D eigenvalue weighted by Gasteiger charge is 1.93. The second-order valence-electron chi connectivity index (χ2n) is 4.18. The van der Waals surface area contributed by atoms with E-state index in [4.69, 9.17) is 14.2 Å². The van der Waals surface area contributed by atoms with Crippen LogP contribution in [0.25, 0.3) is 0 Å². The van der Waals surface area contributed by atoms with E-state index in [9.17, 15) is 0 Å². The second-order valence-corrected chi connectivity index (χ2v) is 4.18. The number of hydrogen-bond acceptors (Lipinski definition) is 4. The highest BCUT2D eigenvalue weighted by molar-refractivity contribution is 4.46. The summed E-state index contributed by atoms with van der Waals surface area (Å²) >= 11 is 0. The third-order valence-corrected chi connectivity index (χ3v) is 1.95. The molecule has 0 aliphatic carbocycles. The Labute approximate surface area is 99.6 Å². The zero-order chi connectivity index (χ0) is 12.1. The first kappa shape index (κ1) is 15.8. The van der Waals surface area contributed by atoms with Crippen molar-refractivity contribution in [1.29, 1.82) is 0 Å². The van der Waals surface area contributed by atoms with E-state index in [1.165, 1.54) is 0 Å². The lowest BCUT2D eigenvalue weighted by molar-refractivity contribution is 0.0387. The second kappa shape index (κ2) is 12.9. The Balaban J connectivity index is 2.88. The summed E-state index contributed by atoms with van der Waals surface area (Å²) in [6, 6.07) is 0. The standard InChI is InChI=1S/C12H27NO3/c1-12(2)11-16-10-9-15-8-6-13-5-4-7-14-3/h12-13H,4-11H2,1-3H3. The topological polar surface area (TPSA) is 39.7 Å². The van der Waals surface area contributed by atoms with E-state index in [0.717, 1.165) is 39.3 Å². The van der Waals surface area contributed by atoms with Crippen LogP contribution in [0.5, 0.6) is 0 Å². The molecule has 0 bridgehead atoms. The van der Waals surface area contributed by atoms with Gasteiger partial charge in [0.25, 0.3) is 0 Å². The molecule has 0 amide bonds. The van der Waals surface area contributed by atoms with Gasteiger partial charge in [-0.1, -0.05) is 13.8 Å². The van der Waals surface area contributed by atoms with Crippen molar-refractivity contribution in [2.75, 3.05) is 53.2 Å². The van der Waals surface area contributed by atoms with E-state index < -0.39 is 0 Å². The average Bonchev–Trinajstić information content (AvgIpc) is 2.25. The molecule has 0 aromatic carbocycles. The Morgan fingerprint density at radius 3 is 2.38 bits per heavy atom. The monoisotopic (exact) mass is 233 g/mol. The third kappa shape index (κ3) is 13.8. The normalized spacial score (nSPS) is 11.2. The summed E-state index contributed by atoms with van der Waals surface area (Å²) in [7, 11) is 1.72. The molecule has 0 radical (unpaired) electrons. The SMILES string of the molecule is COCCCNCCOCCOCC(C)C. The molecular weight excluding hydrogens is 206 g/mol. The van der Waals surface area contributed by atoms with Crippen LogP contribution in [0, 0.1) is 5.92 Å². The van der Waals surface area contributed by atoms with E-state index in [2.05, 4.69) is 19.2 Å². The molecule has 0 aromatic heterocycles. The van der Waals surface area contributed by atoms with Gasteiger partial charge < -0.3 is 19.5 Å². The van der Waals surface area contributed by atoms with Crippen LogP contribution in [0.4, 0.5) is 0 Å². The summed E-state index contributed by atoms with van der Waals surface area (Å²) in [6.45, 7) is 9.94. The molecule has 4 nitrogen and oxygen atoms in total. The predicted octanol–water partition coefficient (Wildman–Crippen LogP) is 1.30. The minimum Gasteiger partial charge on any atom is -0.385 e. The van der Waals surface area contributed by atoms with Gasteiger partial charge in [-0.25, -0.2) is 0 Å². The zero-order valence-corrected chi connectivity index (χ0v) is 11.0. The first-order valence-corrected chi connectivity index (χ1v) is 6.12. The summed E-state index contributed by atoms with van der Waals surface area (Å²) in [5, 5.41) is 3.28. The van der Waals surface area contributed by atoms with Gasteiger partial charge in [0.1, 0.15) is 0 Å². The fraction of sp³-hybridized carbons (Fsp3) is 1.00. The van der Waals surface area contributed by atoms with Crippen molar-refractivity contribution in [1.82, 2.24) is 5.32 Å². The van der Waals surface area contributed by atoms with Gasteiger partial charge in [-0.3, -0.25) is 0 Å². The fourth-order valence-electron chi connectivity index (χ4n) is 1.15. The van der Waals surface area contributed by atoms with Crippen LogP contribution in [0.15, 0.2) is 0 Å². The average molecular weight is 233 g/mol. The Kier molecular flexibility index (Phi) is 12.8. The van der Waals surface area contributed by atoms with E-state index in [1.807, 2.05) is 0 Å². The molecule has 0 spiro atoms. The van der Waals surface area contributed by atoms with Crippen LogP contribution in [0.3, 0.4) is 0 Å². The molecule has 0 heterocycles. The maximum Gasteiger partial charge on any atom is 0.0701 e. The maximum atomic E-state index is 5.40. The first-order chi connectivity index (χ1) is 7.77. The molecule has 16 heavy (non-hydrogen) atoms. The number of hydrogen-bond donors (Lipinski definition) is 1. The van der Waals surface area contributed by atoms with Gasteiger partial charge in [-0.05, 0) is 18.9 Å². The highest BCUT2D eigenvalue weighted by atomic mass is 16.5. The van der Waals surface area contributed by atoms with Crippen molar-refractivity contribution in [2.24, 2.45) is 5.92 Å². The summed E-state index contributed by atoms with van der Waals surface area (Å²) in [4.78, 5) is 0. The van der Waals surface area contributed by atoms with Crippen LogP contribution in [0.2, 0.25) is 0 Å². The Morgan fingerprint density at radius 1 is 0.938 bits per heavy atom. The molecule has 0 aliphatic rings. The van der Waals surface area contributed by atoms with Crippen molar-refractivity contribution >= 4 is 0 Å². The molecule has 0 rings (SSSR count). The smallest absolute Gasteiger partial charge is 0.0701 e. The summed E-state index contributed by atoms with van der Waals surface area (Å²) in [5.74, 6) is 0.599. The lowest BCUT2D eigenvalue weighted by Gasteiger charge is -2.08. The number of nitrogens with one attached hydrogen (secondary N) is 1. The number of ether oxygens (including phenoxy) is 3. The quantitative estimate of drug-likeness (QED) is 0.516. The lowest BCUT2D eigenvalue weighted by Crippen LogP contribution is -2.22. The summed E-state index contributed by atoms with van der Waals surface area (Å²) in [5.41, 5.74) is 0. The Morgan fingerprint density at radius 2 is 1.69 bits per heavy atom. The van der Waals surface area contributed by atoms with Crippen molar-refractivity contribution in [2.45, 2.75) is 20.3 Å². The van der Waals surface area contributed by atoms with Crippen LogP contribution < -0.4 is 5.32 Å². The molecule has 0 unspecified atom stereocenters. The molecule has 0 atom stereocenters. The van der Waals surface area contributed by atoms with Gasteiger partial charge in [0.05, 0.1) is 19.8 Å². The fourth-order valence-corrected chi connectivity index (χ4v) is 1.15. The first-order valence-electron chi connectivity index (χ1n) is 6.12. The molecule has 1 N–H and O–H groups in total. The molecule has 98 valence electrons. The van der Waals surface area contributed by atoms with Crippen LogP contribution in [0.1, 0.15) is 20.3 Å². The van der Waals surface area contributed by atoms with Gasteiger partial charge in [0.15, 0.2) is 0 Å². The minimum absolute atomic E-state index is 0.599. The van der Waals surface area contributed by atoms with Gasteiger partial charge in [0, 0.05) is 26.9 Å². The van der Waals surface area contributed by atoms with Crippen molar-refractivity contribution in [3.63, 3.8) is 0 Å². The zero-order valence-electron chi connectivity index (χ0n) is 11.0. The predicted molar refractivity (Wildman–Crippen MR) is 65.8 cm³/mol. The van der Waals surface area contributed by atoms with E-state index in [1.54, 1.807) is 7.11 Å². The highest BCUT2D eigenvalue weighted by Crippen LogP contribution is 1.91. The molecule has 4 heteroatoms. The lowest BCUT2D eigenvalue weighted by atomic mass is 10.2. The molecule has 0 aliphatic heterocycles. The van der Waals surface area contributed by atoms with Crippen molar-refractivity contribution in [3.05, 3.63) is 0 Å². The van der Waals surface area contributed by atoms with Gasteiger partial charge in [-0.15, -0.1) is 0 Å². The van der Waals surface area contributed by atoms with Crippen LogP contribution in [-0.2, 0) is 14.2 Å². The molecular formula is C12H27NO3. The van der Waals surface area contributed by atoms with Crippen molar-refractivity contribution < 1.29 is 14.2 Å². The van der Waals surface area contributed by atoms with Crippen LogP contribution in [-0.4, -0.2) is 53.2 Å². The van der Waals surface area contributed by atoms with Crippen molar-refractivity contribution in [3.8, 4) is 0 Å². The molecule has 0 fully saturated rings. The summed E-state index contributed by atoms with van der Waals surface area (Å²) < 4.78 is 15.7. The van der Waals surface area contributed by atoms with E-state index in [-0.39, 0.29) is 0 Å². The van der Waals surface area contributed by atoms with Gasteiger partial charge >= 0.3 is 0 Å². The molecule has 0 saturated carbocycles. The Hall–Kier alpha value is -0.160. The Bertz CT molecular complexity index is 131. The van der Waals surface area contributed by atoms with Crippen LogP contribution >= 0.6 is 0 Å². The summed E-state index contributed by atoms with van der Waals surface area (Å²) in [6.07, 6.45) is 1.05. The molecule has 0 saturated heterocycles. The van der Waals surface area contributed by atoms with Gasteiger partial charge in [0.2, 0.25) is 0 Å². The number of rotatable bonds is 12. The largest absolute Gasteiger partial charge is 0.385 e.